The zero-order valence-corrected chi connectivity index (χ0v) is 10.9. The van der Waals surface area contributed by atoms with Gasteiger partial charge in [0, 0.05) is 12.2 Å². The molecule has 0 amide bonds. The predicted molar refractivity (Wildman–Crippen MR) is 71.0 cm³/mol. The lowest BCUT2D eigenvalue weighted by Crippen LogP contribution is -2.42. The minimum atomic E-state index is -0.0531. The van der Waals surface area contributed by atoms with Gasteiger partial charge in [0.15, 0.2) is 0 Å². The fraction of sp³-hybridized carbons (Fsp3) is 0.533. The molecule has 0 saturated carbocycles. The Labute approximate surface area is 104 Å². The first-order chi connectivity index (χ1) is 8.09. The molecule has 1 aromatic carbocycles. The summed E-state index contributed by atoms with van der Waals surface area (Å²) in [6, 6.07) is 11.2. The molecular weight excluding hydrogens is 208 g/mol. The fourth-order valence-corrected chi connectivity index (χ4v) is 2.68. The van der Waals surface area contributed by atoms with Crippen LogP contribution in [0.25, 0.3) is 0 Å². The topological polar surface area (TPSA) is 27.0 Å². The summed E-state index contributed by atoms with van der Waals surface area (Å²) in [5.74, 6) is 0.133. The maximum atomic E-state index is 9.17. The van der Waals surface area contributed by atoms with E-state index in [0.29, 0.717) is 0 Å². The summed E-state index contributed by atoms with van der Waals surface area (Å²) in [4.78, 5) is 2.36. The number of nitrogens with zero attached hydrogens (tertiary/aromatic N) is 2. The van der Waals surface area contributed by atoms with Crippen LogP contribution in [0.1, 0.15) is 32.8 Å². The summed E-state index contributed by atoms with van der Waals surface area (Å²) in [5, 5.41) is 9.17. The van der Waals surface area contributed by atoms with E-state index in [1.54, 1.807) is 0 Å². The molecule has 90 valence electrons. The third-order valence-corrected chi connectivity index (χ3v) is 4.00. The molecule has 17 heavy (non-hydrogen) atoms. The van der Waals surface area contributed by atoms with Gasteiger partial charge in [0.1, 0.15) is 0 Å². The van der Waals surface area contributed by atoms with E-state index in [9.17, 15) is 5.26 Å². The second-order valence-electron chi connectivity index (χ2n) is 5.30. The molecule has 1 aliphatic rings. The third kappa shape index (κ3) is 2.02. The third-order valence-electron chi connectivity index (χ3n) is 4.00. The average molecular weight is 228 g/mol. The van der Waals surface area contributed by atoms with E-state index in [1.165, 1.54) is 11.3 Å². The lowest BCUT2D eigenvalue weighted by atomic mass is 9.89. The molecule has 2 heteroatoms. The zero-order chi connectivity index (χ0) is 12.5. The van der Waals surface area contributed by atoms with Crippen molar-refractivity contribution in [3.05, 3.63) is 29.8 Å². The smallest absolute Gasteiger partial charge is 0.0706 e. The van der Waals surface area contributed by atoms with E-state index >= 15 is 0 Å². The van der Waals surface area contributed by atoms with Gasteiger partial charge in [0.05, 0.1) is 17.5 Å². The van der Waals surface area contributed by atoms with Gasteiger partial charge in [-0.2, -0.15) is 5.26 Å². The Bertz CT molecular complexity index is 425. The molecule has 0 aromatic heterocycles. The Hall–Kier alpha value is -1.49. The van der Waals surface area contributed by atoms with Crippen LogP contribution in [0.15, 0.2) is 24.3 Å². The Morgan fingerprint density at radius 3 is 2.47 bits per heavy atom. The van der Waals surface area contributed by atoms with Crippen molar-refractivity contribution in [3.8, 4) is 6.07 Å². The second kappa shape index (κ2) is 4.41. The van der Waals surface area contributed by atoms with Crippen LogP contribution in [0.3, 0.4) is 0 Å². The molecule has 1 heterocycles. The standard InChI is InChI=1S/C15H20N2/c1-4-12-5-7-14(8-6-12)17-10-9-13(11-16)15(17,2)3/h5-8,13H,4,9-10H2,1-3H3. The Kier molecular flexibility index (Phi) is 3.11. The van der Waals surface area contributed by atoms with Gasteiger partial charge in [-0.05, 0) is 44.4 Å². The number of hydrogen-bond donors (Lipinski definition) is 0. The number of benzene rings is 1. The van der Waals surface area contributed by atoms with Gasteiger partial charge in [-0.3, -0.25) is 0 Å². The molecule has 1 aromatic rings. The Morgan fingerprint density at radius 2 is 2.00 bits per heavy atom. The van der Waals surface area contributed by atoms with Crippen molar-refractivity contribution in [3.63, 3.8) is 0 Å². The normalized spacial score (nSPS) is 22.5. The summed E-state index contributed by atoms with van der Waals surface area (Å²) < 4.78 is 0. The quantitative estimate of drug-likeness (QED) is 0.776. The van der Waals surface area contributed by atoms with Crippen LogP contribution in [0, 0.1) is 17.2 Å². The van der Waals surface area contributed by atoms with Gasteiger partial charge < -0.3 is 4.90 Å². The van der Waals surface area contributed by atoms with Crippen molar-refractivity contribution in [2.75, 3.05) is 11.4 Å². The van der Waals surface area contributed by atoms with Crippen LogP contribution >= 0.6 is 0 Å². The minimum absolute atomic E-state index is 0.0531. The first-order valence-corrected chi connectivity index (χ1v) is 6.35. The SMILES string of the molecule is CCc1ccc(N2CCC(C#N)C2(C)C)cc1. The van der Waals surface area contributed by atoms with Gasteiger partial charge in [0.25, 0.3) is 0 Å². The summed E-state index contributed by atoms with van der Waals surface area (Å²) in [6.07, 6.45) is 2.05. The molecule has 0 bridgehead atoms. The first-order valence-electron chi connectivity index (χ1n) is 6.35. The molecular formula is C15H20N2. The summed E-state index contributed by atoms with van der Waals surface area (Å²) in [5.41, 5.74) is 2.55. The predicted octanol–water partition coefficient (Wildman–Crippen LogP) is 3.38. The largest absolute Gasteiger partial charge is 0.365 e. The molecule has 1 atom stereocenters. The van der Waals surface area contributed by atoms with Crippen molar-refractivity contribution >= 4 is 5.69 Å². The minimum Gasteiger partial charge on any atom is -0.365 e. The Balaban J connectivity index is 2.26. The van der Waals surface area contributed by atoms with Crippen LogP contribution in [0.2, 0.25) is 0 Å². The van der Waals surface area contributed by atoms with E-state index < -0.39 is 0 Å². The highest BCUT2D eigenvalue weighted by molar-refractivity contribution is 5.52. The molecule has 1 aliphatic heterocycles. The van der Waals surface area contributed by atoms with Crippen LogP contribution < -0.4 is 4.90 Å². The van der Waals surface area contributed by atoms with E-state index in [4.69, 9.17) is 0 Å². The van der Waals surface area contributed by atoms with E-state index in [-0.39, 0.29) is 11.5 Å². The molecule has 1 saturated heterocycles. The van der Waals surface area contributed by atoms with E-state index in [2.05, 4.69) is 56.0 Å². The highest BCUT2D eigenvalue weighted by Gasteiger charge is 2.41. The van der Waals surface area contributed by atoms with Crippen LogP contribution in [0.4, 0.5) is 5.69 Å². The molecule has 0 spiro atoms. The van der Waals surface area contributed by atoms with Crippen LogP contribution in [-0.4, -0.2) is 12.1 Å². The van der Waals surface area contributed by atoms with Gasteiger partial charge in [-0.1, -0.05) is 19.1 Å². The van der Waals surface area contributed by atoms with Crippen LogP contribution in [-0.2, 0) is 6.42 Å². The van der Waals surface area contributed by atoms with Crippen LogP contribution in [0.5, 0.6) is 0 Å². The number of aryl methyl sites for hydroxylation is 1. The van der Waals surface area contributed by atoms with Gasteiger partial charge in [0.2, 0.25) is 0 Å². The van der Waals surface area contributed by atoms with Crippen molar-refractivity contribution in [2.24, 2.45) is 5.92 Å². The monoisotopic (exact) mass is 228 g/mol. The van der Waals surface area contributed by atoms with Crippen molar-refractivity contribution < 1.29 is 0 Å². The zero-order valence-electron chi connectivity index (χ0n) is 10.9. The van der Waals surface area contributed by atoms with Gasteiger partial charge >= 0.3 is 0 Å². The summed E-state index contributed by atoms with van der Waals surface area (Å²) in [7, 11) is 0. The molecule has 0 N–H and O–H groups in total. The first kappa shape index (κ1) is 12.0. The second-order valence-corrected chi connectivity index (χ2v) is 5.30. The number of rotatable bonds is 2. The van der Waals surface area contributed by atoms with Crippen molar-refractivity contribution in [2.45, 2.75) is 39.2 Å². The highest BCUT2D eigenvalue weighted by Crippen LogP contribution is 2.37. The Morgan fingerprint density at radius 1 is 1.35 bits per heavy atom. The molecule has 0 aliphatic carbocycles. The number of anilines is 1. The number of nitriles is 1. The fourth-order valence-electron chi connectivity index (χ4n) is 2.68. The van der Waals surface area contributed by atoms with E-state index in [1.807, 2.05) is 0 Å². The molecule has 1 fully saturated rings. The lowest BCUT2D eigenvalue weighted by molar-refractivity contribution is 0.439. The van der Waals surface area contributed by atoms with Crippen molar-refractivity contribution in [1.29, 1.82) is 5.26 Å². The average Bonchev–Trinajstić information content (AvgIpc) is 2.64. The molecule has 2 nitrogen and oxygen atoms in total. The lowest BCUT2D eigenvalue weighted by Gasteiger charge is -2.35. The molecule has 2 rings (SSSR count). The maximum absolute atomic E-state index is 9.17. The summed E-state index contributed by atoms with van der Waals surface area (Å²) >= 11 is 0. The molecule has 1 unspecified atom stereocenters. The number of hydrogen-bond acceptors (Lipinski definition) is 2. The van der Waals surface area contributed by atoms with Crippen molar-refractivity contribution in [1.82, 2.24) is 0 Å². The maximum Gasteiger partial charge on any atom is 0.0706 e. The van der Waals surface area contributed by atoms with Gasteiger partial charge in [-0.25, -0.2) is 0 Å². The van der Waals surface area contributed by atoms with E-state index in [0.717, 1.165) is 19.4 Å². The highest BCUT2D eigenvalue weighted by atomic mass is 15.2. The summed E-state index contributed by atoms with van der Waals surface area (Å²) in [6.45, 7) is 7.49. The van der Waals surface area contributed by atoms with Gasteiger partial charge in [-0.15, -0.1) is 0 Å². The molecule has 0 radical (unpaired) electrons.